The molecule has 0 bridgehead atoms. The van der Waals surface area contributed by atoms with Crippen molar-refractivity contribution in [3.8, 4) is 0 Å². The highest BCUT2D eigenvalue weighted by atomic mass is 127. The van der Waals surface area contributed by atoms with Crippen molar-refractivity contribution in [1.82, 2.24) is 20.4 Å². The lowest BCUT2D eigenvalue weighted by Gasteiger charge is -2.35. The number of ether oxygens (including phenoxy) is 2. The van der Waals surface area contributed by atoms with Crippen LogP contribution >= 0.6 is 24.0 Å². The molecule has 2 unspecified atom stereocenters. The summed E-state index contributed by atoms with van der Waals surface area (Å²) in [6, 6.07) is 0.480. The molecule has 0 radical (unpaired) electrons. The van der Waals surface area contributed by atoms with Crippen molar-refractivity contribution in [2.75, 3.05) is 72.7 Å². The number of hydrogen-bond acceptors (Lipinski definition) is 5. The molecule has 0 aromatic carbocycles. The molecule has 27 heavy (non-hydrogen) atoms. The monoisotopic (exact) mass is 497 g/mol. The van der Waals surface area contributed by atoms with Gasteiger partial charge in [0.2, 0.25) is 0 Å². The van der Waals surface area contributed by atoms with Crippen molar-refractivity contribution in [3.63, 3.8) is 0 Å². The third kappa shape index (κ3) is 10.3. The van der Waals surface area contributed by atoms with Crippen molar-refractivity contribution in [2.24, 2.45) is 4.99 Å². The van der Waals surface area contributed by atoms with Crippen molar-refractivity contribution < 1.29 is 9.47 Å². The predicted molar refractivity (Wildman–Crippen MR) is 122 cm³/mol. The van der Waals surface area contributed by atoms with E-state index in [2.05, 4.69) is 41.3 Å². The molecule has 2 aliphatic rings. The largest absolute Gasteiger partial charge is 0.379 e. The summed E-state index contributed by atoms with van der Waals surface area (Å²) in [5.41, 5.74) is 0. The minimum Gasteiger partial charge on any atom is -0.379 e. The molecule has 2 heterocycles. The van der Waals surface area contributed by atoms with Crippen molar-refractivity contribution in [3.05, 3.63) is 0 Å². The predicted octanol–water partition coefficient (Wildman–Crippen LogP) is 1.38. The van der Waals surface area contributed by atoms with Gasteiger partial charge in [0.1, 0.15) is 0 Å². The van der Waals surface area contributed by atoms with E-state index in [1.165, 1.54) is 6.42 Å². The normalized spacial score (nSPS) is 23.1. The Morgan fingerprint density at radius 1 is 1.26 bits per heavy atom. The third-order valence-electron chi connectivity index (χ3n) is 5.10. The number of guanidine groups is 1. The number of hydrogen-bond donors (Lipinski definition) is 2. The average molecular weight is 497 g/mol. The summed E-state index contributed by atoms with van der Waals surface area (Å²) >= 11 is 0. The first-order valence-electron chi connectivity index (χ1n) is 10.3. The van der Waals surface area contributed by atoms with Crippen LogP contribution in [0, 0.1) is 0 Å². The summed E-state index contributed by atoms with van der Waals surface area (Å²) in [6.07, 6.45) is 3.61. The van der Waals surface area contributed by atoms with Gasteiger partial charge in [-0.1, -0.05) is 0 Å². The van der Waals surface area contributed by atoms with Crippen LogP contribution in [0.5, 0.6) is 0 Å². The van der Waals surface area contributed by atoms with Gasteiger partial charge in [-0.15, -0.1) is 24.0 Å². The average Bonchev–Trinajstić information content (AvgIpc) is 3.16. The Morgan fingerprint density at radius 3 is 2.70 bits per heavy atom. The first-order chi connectivity index (χ1) is 12.7. The zero-order valence-electron chi connectivity index (χ0n) is 17.4. The SMILES string of the molecule is CCNC(=NCC(C)N1CCN(C)CC1)NCCCOCC1CCCO1.I. The van der Waals surface area contributed by atoms with Crippen LogP contribution in [0.3, 0.4) is 0 Å². The number of halogens is 1. The zero-order chi connectivity index (χ0) is 18.6. The summed E-state index contributed by atoms with van der Waals surface area (Å²) < 4.78 is 11.3. The summed E-state index contributed by atoms with van der Waals surface area (Å²) in [7, 11) is 2.19. The fraction of sp³-hybridized carbons (Fsp3) is 0.947. The van der Waals surface area contributed by atoms with E-state index in [4.69, 9.17) is 14.5 Å². The molecule has 2 rings (SSSR count). The molecular weight excluding hydrogens is 457 g/mol. The zero-order valence-corrected chi connectivity index (χ0v) is 19.7. The van der Waals surface area contributed by atoms with Gasteiger partial charge in [0.15, 0.2) is 5.96 Å². The van der Waals surface area contributed by atoms with Gasteiger partial charge in [0, 0.05) is 58.5 Å². The third-order valence-corrected chi connectivity index (χ3v) is 5.10. The number of nitrogens with one attached hydrogen (secondary N) is 2. The van der Waals surface area contributed by atoms with Crippen LogP contribution in [0.4, 0.5) is 0 Å². The van der Waals surface area contributed by atoms with Gasteiger partial charge in [-0.25, -0.2) is 0 Å². The van der Waals surface area contributed by atoms with E-state index >= 15 is 0 Å². The maximum Gasteiger partial charge on any atom is 0.191 e. The molecule has 160 valence electrons. The molecule has 0 aliphatic carbocycles. The van der Waals surface area contributed by atoms with E-state index < -0.39 is 0 Å². The van der Waals surface area contributed by atoms with E-state index in [-0.39, 0.29) is 24.0 Å². The van der Waals surface area contributed by atoms with E-state index in [0.717, 1.165) is 84.4 Å². The molecule has 2 fully saturated rings. The summed E-state index contributed by atoms with van der Waals surface area (Å²) in [4.78, 5) is 9.69. The van der Waals surface area contributed by atoms with Crippen LogP contribution < -0.4 is 10.6 Å². The maximum absolute atomic E-state index is 5.71. The van der Waals surface area contributed by atoms with Crippen LogP contribution in [0.15, 0.2) is 4.99 Å². The molecule has 2 saturated heterocycles. The molecule has 7 nitrogen and oxygen atoms in total. The first-order valence-corrected chi connectivity index (χ1v) is 10.3. The van der Waals surface area contributed by atoms with Gasteiger partial charge in [0.25, 0.3) is 0 Å². The van der Waals surface area contributed by atoms with Crippen LogP contribution in [0.25, 0.3) is 0 Å². The second kappa shape index (κ2) is 14.8. The van der Waals surface area contributed by atoms with Gasteiger partial charge >= 0.3 is 0 Å². The highest BCUT2D eigenvalue weighted by molar-refractivity contribution is 14.0. The van der Waals surface area contributed by atoms with Crippen molar-refractivity contribution in [2.45, 2.75) is 45.3 Å². The topological polar surface area (TPSA) is 61.4 Å². The van der Waals surface area contributed by atoms with Gasteiger partial charge in [-0.05, 0) is 40.2 Å². The first kappa shape index (κ1) is 24.9. The molecule has 2 aliphatic heterocycles. The lowest BCUT2D eigenvalue weighted by Crippen LogP contribution is -2.49. The molecule has 2 atom stereocenters. The standard InChI is InChI=1S/C19H39N5O2.HI/c1-4-20-19(21-8-6-13-25-16-18-7-5-14-26-18)22-15-17(2)24-11-9-23(3)10-12-24;/h17-18H,4-16H2,1-3H3,(H2,20,21,22);1H. The smallest absolute Gasteiger partial charge is 0.191 e. The number of aliphatic imine (C=N–C) groups is 1. The van der Waals surface area contributed by atoms with Crippen LogP contribution in [0.1, 0.15) is 33.1 Å². The molecule has 8 heteroatoms. The Bertz CT molecular complexity index is 400. The quantitative estimate of drug-likeness (QED) is 0.206. The van der Waals surface area contributed by atoms with Gasteiger partial charge in [-0.3, -0.25) is 9.89 Å². The molecule has 0 spiro atoms. The molecule has 0 saturated carbocycles. The summed E-state index contributed by atoms with van der Waals surface area (Å²) in [5, 5.41) is 6.75. The highest BCUT2D eigenvalue weighted by Gasteiger charge is 2.18. The van der Waals surface area contributed by atoms with E-state index in [0.29, 0.717) is 12.1 Å². The molecule has 0 aromatic heterocycles. The summed E-state index contributed by atoms with van der Waals surface area (Å²) in [6.45, 7) is 13.9. The maximum atomic E-state index is 5.71. The Hall–Kier alpha value is -0.160. The second-order valence-corrected chi connectivity index (χ2v) is 7.40. The van der Waals surface area contributed by atoms with E-state index in [1.807, 2.05) is 0 Å². The summed E-state index contributed by atoms with van der Waals surface area (Å²) in [5.74, 6) is 0.910. The van der Waals surface area contributed by atoms with Crippen LogP contribution in [-0.2, 0) is 9.47 Å². The Labute approximate surface area is 182 Å². The fourth-order valence-corrected chi connectivity index (χ4v) is 3.31. The number of rotatable bonds is 10. The van der Waals surface area contributed by atoms with Crippen LogP contribution in [0.2, 0.25) is 0 Å². The van der Waals surface area contributed by atoms with Gasteiger partial charge < -0.3 is 25.0 Å². The second-order valence-electron chi connectivity index (χ2n) is 7.40. The van der Waals surface area contributed by atoms with Crippen molar-refractivity contribution in [1.29, 1.82) is 0 Å². The molecule has 2 N–H and O–H groups in total. The number of piperazine rings is 1. The fourth-order valence-electron chi connectivity index (χ4n) is 3.31. The Morgan fingerprint density at radius 2 is 2.04 bits per heavy atom. The Balaban J connectivity index is 0.00000364. The Kier molecular flexibility index (Phi) is 13.6. The minimum absolute atomic E-state index is 0. The van der Waals surface area contributed by atoms with Gasteiger partial charge in [0.05, 0.1) is 19.3 Å². The van der Waals surface area contributed by atoms with Crippen molar-refractivity contribution >= 4 is 29.9 Å². The lowest BCUT2D eigenvalue weighted by molar-refractivity contribution is 0.0168. The van der Waals surface area contributed by atoms with Gasteiger partial charge in [-0.2, -0.15) is 0 Å². The molecule has 0 aromatic rings. The highest BCUT2D eigenvalue weighted by Crippen LogP contribution is 2.11. The number of nitrogens with zero attached hydrogens (tertiary/aromatic N) is 3. The number of likely N-dealkylation sites (N-methyl/N-ethyl adjacent to an activating group) is 1. The van der Waals surface area contributed by atoms with Crippen LogP contribution in [-0.4, -0.2) is 101 Å². The molecule has 0 amide bonds. The molecular formula is C19H40IN5O2. The van der Waals surface area contributed by atoms with E-state index in [1.54, 1.807) is 0 Å². The lowest BCUT2D eigenvalue weighted by atomic mass is 10.2. The van der Waals surface area contributed by atoms with E-state index in [9.17, 15) is 0 Å². The minimum atomic E-state index is 0.